The molecular weight excluding hydrogens is 356 g/mol. The smallest absolute Gasteiger partial charge is 0.311 e. The van der Waals surface area contributed by atoms with E-state index in [9.17, 15) is 18.4 Å². The van der Waals surface area contributed by atoms with Gasteiger partial charge in [0, 0.05) is 30.3 Å². The molecule has 0 radical (unpaired) electrons. The number of carbonyl (C=O) groups excluding carboxylic acids is 2. The number of halogens is 2. The highest BCUT2D eigenvalue weighted by Crippen LogP contribution is 2.30. The number of rotatable bonds is 5. The van der Waals surface area contributed by atoms with Gasteiger partial charge in [0.15, 0.2) is 0 Å². The summed E-state index contributed by atoms with van der Waals surface area (Å²) in [4.78, 5) is 26.2. The Morgan fingerprint density at radius 3 is 2.74 bits per heavy atom. The first kappa shape index (κ1) is 18.8. The Morgan fingerprint density at radius 1 is 1.22 bits per heavy atom. The predicted octanol–water partition coefficient (Wildman–Crippen LogP) is 3.63. The number of benzene rings is 2. The maximum Gasteiger partial charge on any atom is 0.311 e. The van der Waals surface area contributed by atoms with E-state index in [2.05, 4.69) is 0 Å². The van der Waals surface area contributed by atoms with Crippen molar-refractivity contribution in [1.82, 2.24) is 0 Å². The number of nitrogens with zero attached hydrogens (tertiary/aromatic N) is 1. The Bertz CT molecular complexity index is 871. The molecule has 1 aliphatic heterocycles. The van der Waals surface area contributed by atoms with Crippen LogP contribution in [0, 0.1) is 17.6 Å². The topological polar surface area (TPSA) is 55.8 Å². The molecular formula is C20H19F2NO4. The molecule has 2 aromatic rings. The van der Waals surface area contributed by atoms with E-state index in [0.29, 0.717) is 11.4 Å². The van der Waals surface area contributed by atoms with E-state index in [1.807, 2.05) is 0 Å². The highest BCUT2D eigenvalue weighted by atomic mass is 19.1. The second-order valence-electron chi connectivity index (χ2n) is 6.35. The van der Waals surface area contributed by atoms with Gasteiger partial charge in [-0.05, 0) is 37.3 Å². The highest BCUT2D eigenvalue weighted by Gasteiger charge is 2.37. The Labute approximate surface area is 155 Å². The zero-order valence-electron chi connectivity index (χ0n) is 14.9. The summed E-state index contributed by atoms with van der Waals surface area (Å²) in [5.74, 6) is -2.18. The normalized spacial score (nSPS) is 17.7. The average molecular weight is 375 g/mol. The van der Waals surface area contributed by atoms with E-state index in [4.69, 9.17) is 9.47 Å². The Morgan fingerprint density at radius 2 is 2.00 bits per heavy atom. The number of esters is 1. The summed E-state index contributed by atoms with van der Waals surface area (Å²) in [6, 6.07) is 9.94. The van der Waals surface area contributed by atoms with Gasteiger partial charge in [0.25, 0.3) is 0 Å². The molecule has 3 rings (SSSR count). The van der Waals surface area contributed by atoms with E-state index in [-0.39, 0.29) is 24.4 Å². The van der Waals surface area contributed by atoms with Gasteiger partial charge < -0.3 is 14.4 Å². The van der Waals surface area contributed by atoms with Crippen molar-refractivity contribution in [2.75, 3.05) is 18.6 Å². The lowest BCUT2D eigenvalue weighted by Crippen LogP contribution is -2.26. The lowest BCUT2D eigenvalue weighted by atomic mass is 10.1. The van der Waals surface area contributed by atoms with Gasteiger partial charge in [-0.3, -0.25) is 9.59 Å². The van der Waals surface area contributed by atoms with Crippen LogP contribution in [-0.4, -0.2) is 25.5 Å². The van der Waals surface area contributed by atoms with Crippen molar-refractivity contribution >= 4 is 17.6 Å². The molecule has 2 unspecified atom stereocenters. The number of anilines is 1. The van der Waals surface area contributed by atoms with Crippen molar-refractivity contribution in [2.24, 2.45) is 5.92 Å². The van der Waals surface area contributed by atoms with Crippen LogP contribution < -0.4 is 9.64 Å². The summed E-state index contributed by atoms with van der Waals surface area (Å²) < 4.78 is 37.6. The third-order valence-electron chi connectivity index (χ3n) is 4.51. The second-order valence-corrected chi connectivity index (χ2v) is 6.35. The number of ether oxygens (including phenoxy) is 2. The number of hydrogen-bond donors (Lipinski definition) is 0. The minimum atomic E-state index is -0.964. The highest BCUT2D eigenvalue weighted by molar-refractivity contribution is 5.99. The predicted molar refractivity (Wildman–Crippen MR) is 94.3 cm³/mol. The number of methoxy groups -OCH3 is 1. The minimum Gasteiger partial charge on any atom is -0.497 e. The fourth-order valence-electron chi connectivity index (χ4n) is 3.05. The Hall–Kier alpha value is -2.96. The molecule has 2 atom stereocenters. The molecule has 0 bridgehead atoms. The quantitative estimate of drug-likeness (QED) is 0.749. The third kappa shape index (κ3) is 4.07. The van der Waals surface area contributed by atoms with Crippen LogP contribution >= 0.6 is 0 Å². The Balaban J connectivity index is 1.69. The van der Waals surface area contributed by atoms with Crippen LogP contribution in [-0.2, 0) is 14.3 Å². The zero-order valence-corrected chi connectivity index (χ0v) is 14.9. The van der Waals surface area contributed by atoms with Crippen LogP contribution in [0.2, 0.25) is 0 Å². The molecule has 27 heavy (non-hydrogen) atoms. The molecule has 0 aromatic heterocycles. The molecule has 5 nitrogen and oxygen atoms in total. The van der Waals surface area contributed by atoms with Gasteiger partial charge in [-0.25, -0.2) is 8.78 Å². The molecule has 142 valence electrons. The number of hydrogen-bond acceptors (Lipinski definition) is 4. The summed E-state index contributed by atoms with van der Waals surface area (Å²) in [6.45, 7) is 1.62. The first-order valence-corrected chi connectivity index (χ1v) is 8.49. The first-order valence-electron chi connectivity index (χ1n) is 8.49. The van der Waals surface area contributed by atoms with Gasteiger partial charge in [-0.1, -0.05) is 6.07 Å². The van der Waals surface area contributed by atoms with Crippen LogP contribution in [0.1, 0.15) is 25.0 Å². The van der Waals surface area contributed by atoms with E-state index in [0.717, 1.165) is 18.2 Å². The van der Waals surface area contributed by atoms with E-state index in [1.165, 1.54) is 18.9 Å². The van der Waals surface area contributed by atoms with Gasteiger partial charge in [0.2, 0.25) is 5.91 Å². The standard InChI is InChI=1S/C20H19F2NO4/c1-12(17-9-14(21)6-7-18(17)22)27-20(25)13-8-19(24)23(11-13)15-4-3-5-16(10-15)26-2/h3-7,9-10,12-13H,8,11H2,1-2H3. The fourth-order valence-corrected chi connectivity index (χ4v) is 3.05. The molecule has 0 spiro atoms. The van der Waals surface area contributed by atoms with Crippen molar-refractivity contribution in [3.8, 4) is 5.75 Å². The molecule has 1 heterocycles. The van der Waals surface area contributed by atoms with Crippen LogP contribution in [0.5, 0.6) is 5.75 Å². The lowest BCUT2D eigenvalue weighted by molar-refractivity contribution is -0.153. The maximum absolute atomic E-state index is 13.8. The molecule has 2 aromatic carbocycles. The van der Waals surface area contributed by atoms with Crippen LogP contribution in [0.15, 0.2) is 42.5 Å². The van der Waals surface area contributed by atoms with Crippen LogP contribution in [0.4, 0.5) is 14.5 Å². The van der Waals surface area contributed by atoms with Gasteiger partial charge in [0.1, 0.15) is 23.5 Å². The molecule has 0 N–H and O–H groups in total. The fraction of sp³-hybridized carbons (Fsp3) is 0.300. The zero-order chi connectivity index (χ0) is 19.6. The second kappa shape index (κ2) is 7.73. The molecule has 1 fully saturated rings. The number of amides is 1. The van der Waals surface area contributed by atoms with Crippen LogP contribution in [0.25, 0.3) is 0 Å². The third-order valence-corrected chi connectivity index (χ3v) is 4.51. The van der Waals surface area contributed by atoms with Crippen molar-refractivity contribution in [3.63, 3.8) is 0 Å². The monoisotopic (exact) mass is 375 g/mol. The van der Waals surface area contributed by atoms with Crippen molar-refractivity contribution in [2.45, 2.75) is 19.4 Å². The SMILES string of the molecule is COc1cccc(N2CC(C(=O)OC(C)c3cc(F)ccc3F)CC2=O)c1. The van der Waals surface area contributed by atoms with Crippen molar-refractivity contribution in [1.29, 1.82) is 0 Å². The molecule has 0 aliphatic carbocycles. The molecule has 1 amide bonds. The Kier molecular flexibility index (Phi) is 5.39. The minimum absolute atomic E-state index is 0.00556. The summed E-state index contributed by atoms with van der Waals surface area (Å²) in [6.07, 6.45) is -0.969. The van der Waals surface area contributed by atoms with E-state index in [1.54, 1.807) is 24.3 Å². The lowest BCUT2D eigenvalue weighted by Gasteiger charge is -2.19. The number of carbonyl (C=O) groups is 2. The molecule has 1 aliphatic rings. The van der Waals surface area contributed by atoms with Gasteiger partial charge in [-0.15, -0.1) is 0 Å². The molecule has 7 heteroatoms. The first-order chi connectivity index (χ1) is 12.9. The van der Waals surface area contributed by atoms with E-state index < -0.39 is 29.6 Å². The summed E-state index contributed by atoms with van der Waals surface area (Å²) in [5, 5.41) is 0. The van der Waals surface area contributed by atoms with Crippen LogP contribution in [0.3, 0.4) is 0 Å². The summed E-state index contributed by atoms with van der Waals surface area (Å²) in [5.41, 5.74) is 0.580. The summed E-state index contributed by atoms with van der Waals surface area (Å²) >= 11 is 0. The van der Waals surface area contributed by atoms with Gasteiger partial charge >= 0.3 is 5.97 Å². The van der Waals surface area contributed by atoms with Gasteiger partial charge in [0.05, 0.1) is 13.0 Å². The molecule has 0 saturated carbocycles. The van der Waals surface area contributed by atoms with Crippen molar-refractivity contribution < 1.29 is 27.8 Å². The molecule has 1 saturated heterocycles. The largest absolute Gasteiger partial charge is 0.497 e. The van der Waals surface area contributed by atoms with Crippen molar-refractivity contribution in [3.05, 3.63) is 59.7 Å². The average Bonchev–Trinajstić information content (AvgIpc) is 3.05. The maximum atomic E-state index is 13.8. The van der Waals surface area contributed by atoms with E-state index >= 15 is 0 Å². The summed E-state index contributed by atoms with van der Waals surface area (Å²) in [7, 11) is 1.53. The van der Waals surface area contributed by atoms with Gasteiger partial charge in [-0.2, -0.15) is 0 Å².